The Morgan fingerprint density at radius 3 is 2.86 bits per heavy atom. The molecule has 2 aliphatic heterocycles. The number of fused-ring (bicyclic) bond motifs is 6. The Balaban J connectivity index is 1.75. The Hall–Kier alpha value is -2.30. The smallest absolute Gasteiger partial charge is 0.241 e. The number of likely N-dealkylation sites (N-methyl/N-ethyl adjacent to an activating group) is 1. The lowest BCUT2D eigenvalue weighted by molar-refractivity contribution is -0.139. The maximum atomic E-state index is 13.0. The van der Waals surface area contributed by atoms with Crippen LogP contribution in [0, 0.1) is 17.8 Å². The SMILES string of the molecule is CN1C(=O)C2C3C=CC(C3)C2(c2ccc3c(c2)OCO3)C1=O. The third-order valence-corrected chi connectivity index (χ3v) is 5.73. The van der Waals surface area contributed by atoms with Gasteiger partial charge in [-0.15, -0.1) is 0 Å². The highest BCUT2D eigenvalue weighted by Gasteiger charge is 2.69. The Labute approximate surface area is 127 Å². The molecule has 2 fully saturated rings. The van der Waals surface area contributed by atoms with Gasteiger partial charge in [-0.05, 0) is 36.0 Å². The third kappa shape index (κ3) is 1.14. The topological polar surface area (TPSA) is 55.8 Å². The minimum Gasteiger partial charge on any atom is -0.454 e. The molecule has 2 bridgehead atoms. The van der Waals surface area contributed by atoms with E-state index < -0.39 is 5.41 Å². The summed E-state index contributed by atoms with van der Waals surface area (Å²) in [6, 6.07) is 5.64. The highest BCUT2D eigenvalue weighted by Crippen LogP contribution is 2.61. The summed E-state index contributed by atoms with van der Waals surface area (Å²) in [5.41, 5.74) is 0.118. The van der Waals surface area contributed by atoms with Gasteiger partial charge in [-0.1, -0.05) is 18.2 Å². The number of carbonyl (C=O) groups is 2. The predicted molar refractivity (Wildman–Crippen MR) is 76.2 cm³/mol. The molecule has 4 aliphatic rings. The molecule has 5 rings (SSSR count). The van der Waals surface area contributed by atoms with Crippen molar-refractivity contribution < 1.29 is 19.1 Å². The molecule has 2 amide bonds. The first-order chi connectivity index (χ1) is 10.6. The Bertz CT molecular complexity index is 755. The summed E-state index contributed by atoms with van der Waals surface area (Å²) in [4.78, 5) is 26.9. The highest BCUT2D eigenvalue weighted by atomic mass is 16.7. The zero-order chi connectivity index (χ0) is 15.1. The van der Waals surface area contributed by atoms with E-state index in [2.05, 4.69) is 12.2 Å². The molecule has 1 aromatic carbocycles. The van der Waals surface area contributed by atoms with E-state index in [-0.39, 0.29) is 36.4 Å². The van der Waals surface area contributed by atoms with E-state index in [4.69, 9.17) is 9.47 Å². The number of carbonyl (C=O) groups excluding carboxylic acids is 2. The fraction of sp³-hybridized carbons (Fsp3) is 0.412. The van der Waals surface area contributed by atoms with Crippen molar-refractivity contribution in [1.29, 1.82) is 0 Å². The van der Waals surface area contributed by atoms with Gasteiger partial charge in [0.05, 0.1) is 11.3 Å². The normalized spacial score (nSPS) is 37.3. The second kappa shape index (κ2) is 3.72. The molecule has 1 saturated heterocycles. The number of hydrogen-bond acceptors (Lipinski definition) is 4. The van der Waals surface area contributed by atoms with Crippen LogP contribution in [-0.2, 0) is 15.0 Å². The predicted octanol–water partition coefficient (Wildman–Crippen LogP) is 1.47. The van der Waals surface area contributed by atoms with Crippen molar-refractivity contribution in [3.63, 3.8) is 0 Å². The standard InChI is InChI=1S/C17H15NO4/c1-18-15(19)14-9-2-3-10(6-9)17(14,16(18)20)11-4-5-12-13(7-11)22-8-21-12/h2-5,7,9-10,14H,6,8H2,1H3. The number of rotatable bonds is 1. The van der Waals surface area contributed by atoms with E-state index in [0.29, 0.717) is 11.5 Å². The zero-order valence-electron chi connectivity index (χ0n) is 12.1. The lowest BCUT2D eigenvalue weighted by Gasteiger charge is -2.33. The van der Waals surface area contributed by atoms with Gasteiger partial charge in [0.15, 0.2) is 11.5 Å². The number of nitrogens with zero attached hydrogens (tertiary/aromatic N) is 1. The molecular weight excluding hydrogens is 282 g/mol. The first-order valence-electron chi connectivity index (χ1n) is 7.54. The zero-order valence-corrected chi connectivity index (χ0v) is 12.1. The number of imide groups is 1. The summed E-state index contributed by atoms with van der Waals surface area (Å²) in [5, 5.41) is 0. The molecule has 4 atom stereocenters. The fourth-order valence-corrected chi connectivity index (χ4v) is 4.81. The first-order valence-corrected chi connectivity index (χ1v) is 7.54. The van der Waals surface area contributed by atoms with Crippen molar-refractivity contribution in [3.05, 3.63) is 35.9 Å². The van der Waals surface area contributed by atoms with Crippen molar-refractivity contribution >= 4 is 11.8 Å². The Morgan fingerprint density at radius 2 is 2.00 bits per heavy atom. The van der Waals surface area contributed by atoms with Gasteiger partial charge in [-0.2, -0.15) is 0 Å². The van der Waals surface area contributed by atoms with Crippen LogP contribution in [-0.4, -0.2) is 30.6 Å². The van der Waals surface area contributed by atoms with Gasteiger partial charge < -0.3 is 9.47 Å². The molecule has 4 unspecified atom stereocenters. The molecule has 1 aromatic rings. The minimum absolute atomic E-state index is 0.0560. The van der Waals surface area contributed by atoms with Crippen molar-refractivity contribution in [1.82, 2.24) is 4.90 Å². The monoisotopic (exact) mass is 297 g/mol. The van der Waals surface area contributed by atoms with Crippen LogP contribution >= 0.6 is 0 Å². The summed E-state index contributed by atoms with van der Waals surface area (Å²) < 4.78 is 10.8. The molecule has 1 saturated carbocycles. The van der Waals surface area contributed by atoms with Gasteiger partial charge in [0, 0.05) is 7.05 Å². The van der Waals surface area contributed by atoms with Crippen LogP contribution in [0.4, 0.5) is 0 Å². The maximum Gasteiger partial charge on any atom is 0.241 e. The fourth-order valence-electron chi connectivity index (χ4n) is 4.81. The van der Waals surface area contributed by atoms with Crippen LogP contribution < -0.4 is 9.47 Å². The summed E-state index contributed by atoms with van der Waals surface area (Å²) >= 11 is 0. The summed E-state index contributed by atoms with van der Waals surface area (Å²) in [6.07, 6.45) is 5.09. The summed E-state index contributed by atoms with van der Waals surface area (Å²) in [7, 11) is 1.59. The molecule has 0 aromatic heterocycles. The van der Waals surface area contributed by atoms with E-state index in [1.807, 2.05) is 18.2 Å². The number of benzene rings is 1. The highest BCUT2D eigenvalue weighted by molar-refractivity contribution is 6.11. The van der Waals surface area contributed by atoms with E-state index in [1.165, 1.54) is 4.90 Å². The summed E-state index contributed by atoms with van der Waals surface area (Å²) in [6.45, 7) is 0.202. The second-order valence-corrected chi connectivity index (χ2v) is 6.51. The molecule has 5 heteroatoms. The van der Waals surface area contributed by atoms with Gasteiger partial charge >= 0.3 is 0 Å². The Morgan fingerprint density at radius 1 is 1.18 bits per heavy atom. The molecule has 22 heavy (non-hydrogen) atoms. The van der Waals surface area contributed by atoms with Gasteiger partial charge in [0.25, 0.3) is 0 Å². The van der Waals surface area contributed by atoms with E-state index in [9.17, 15) is 9.59 Å². The number of likely N-dealkylation sites (tertiary alicyclic amines) is 1. The van der Waals surface area contributed by atoms with Gasteiger partial charge in [-0.3, -0.25) is 14.5 Å². The number of hydrogen-bond donors (Lipinski definition) is 0. The van der Waals surface area contributed by atoms with Crippen molar-refractivity contribution in [3.8, 4) is 11.5 Å². The molecular formula is C17H15NO4. The molecule has 112 valence electrons. The van der Waals surface area contributed by atoms with Crippen LogP contribution in [0.5, 0.6) is 11.5 Å². The average Bonchev–Trinajstić information content (AvgIpc) is 3.27. The van der Waals surface area contributed by atoms with Crippen LogP contribution in [0.25, 0.3) is 0 Å². The number of allylic oxidation sites excluding steroid dienone is 2. The third-order valence-electron chi connectivity index (χ3n) is 5.73. The van der Waals surface area contributed by atoms with E-state index >= 15 is 0 Å². The number of ether oxygens (including phenoxy) is 2. The second-order valence-electron chi connectivity index (χ2n) is 6.51. The van der Waals surface area contributed by atoms with Gasteiger partial charge in [0.1, 0.15) is 0 Å². The number of amides is 2. The quantitative estimate of drug-likeness (QED) is 0.582. The maximum absolute atomic E-state index is 13.0. The molecule has 5 nitrogen and oxygen atoms in total. The average molecular weight is 297 g/mol. The van der Waals surface area contributed by atoms with Crippen LogP contribution in [0.2, 0.25) is 0 Å². The van der Waals surface area contributed by atoms with Crippen LogP contribution in [0.3, 0.4) is 0 Å². The molecule has 0 spiro atoms. The van der Waals surface area contributed by atoms with Crippen LogP contribution in [0.1, 0.15) is 12.0 Å². The minimum atomic E-state index is -0.758. The van der Waals surface area contributed by atoms with Crippen molar-refractivity contribution in [2.75, 3.05) is 13.8 Å². The molecule has 0 N–H and O–H groups in total. The summed E-state index contributed by atoms with van der Waals surface area (Å²) in [5.74, 6) is 1.19. The van der Waals surface area contributed by atoms with E-state index in [0.717, 1.165) is 12.0 Å². The lowest BCUT2D eigenvalue weighted by Crippen LogP contribution is -2.43. The van der Waals surface area contributed by atoms with Crippen LogP contribution in [0.15, 0.2) is 30.4 Å². The Kier molecular flexibility index (Phi) is 2.07. The largest absolute Gasteiger partial charge is 0.454 e. The van der Waals surface area contributed by atoms with Crippen molar-refractivity contribution in [2.24, 2.45) is 17.8 Å². The van der Waals surface area contributed by atoms with E-state index in [1.54, 1.807) is 7.05 Å². The first kappa shape index (κ1) is 12.3. The van der Waals surface area contributed by atoms with Gasteiger partial charge in [-0.25, -0.2) is 0 Å². The molecule has 0 radical (unpaired) electrons. The lowest BCUT2D eigenvalue weighted by atomic mass is 9.65. The van der Waals surface area contributed by atoms with Gasteiger partial charge in [0.2, 0.25) is 18.6 Å². The molecule has 2 aliphatic carbocycles. The molecule has 2 heterocycles. The van der Waals surface area contributed by atoms with Crippen molar-refractivity contribution in [2.45, 2.75) is 11.8 Å².